The van der Waals surface area contributed by atoms with Crippen LogP contribution < -0.4 is 5.32 Å². The monoisotopic (exact) mass is 535 g/mol. The number of aliphatic hydroxyl groups is 1. The number of benzene rings is 1. The first-order chi connectivity index (χ1) is 16.9. The van der Waals surface area contributed by atoms with Crippen molar-refractivity contribution in [3.05, 3.63) is 47.4 Å². The first-order valence-corrected chi connectivity index (χ1v) is 13.4. The Kier molecular flexibility index (Phi) is 7.18. The van der Waals surface area contributed by atoms with E-state index < -0.39 is 21.7 Å². The Bertz CT molecular complexity index is 1370. The van der Waals surface area contributed by atoms with Crippen LogP contribution in [0, 0.1) is 6.92 Å². The molecule has 2 N–H and O–H groups in total. The number of hydrogen-bond donors (Lipinski definition) is 2. The van der Waals surface area contributed by atoms with Crippen LogP contribution in [-0.2, 0) is 14.8 Å². The number of nitrogens with one attached hydrogen (secondary N) is 1. The average molecular weight is 536 g/mol. The number of hydrogen-bond acceptors (Lipinski definition) is 8. The number of fused-ring (bicyclic) bond motifs is 1. The minimum absolute atomic E-state index is 0.114. The molecule has 1 aliphatic heterocycles. The number of amides is 1. The van der Waals surface area contributed by atoms with Crippen LogP contribution in [0.2, 0.25) is 5.28 Å². The average Bonchev–Trinajstić information content (AvgIpc) is 3.23. The van der Waals surface area contributed by atoms with Gasteiger partial charge < -0.3 is 20.1 Å². The highest BCUT2D eigenvalue weighted by molar-refractivity contribution is 7.90. The van der Waals surface area contributed by atoms with Gasteiger partial charge in [0, 0.05) is 18.8 Å². The van der Waals surface area contributed by atoms with Gasteiger partial charge in [-0.2, -0.15) is 4.98 Å². The van der Waals surface area contributed by atoms with E-state index >= 15 is 0 Å². The van der Waals surface area contributed by atoms with E-state index in [1.54, 1.807) is 51.1 Å². The minimum atomic E-state index is -3.91. The van der Waals surface area contributed by atoms with Gasteiger partial charge in [-0.15, -0.1) is 0 Å². The number of carbonyl (C=O) groups is 1. The van der Waals surface area contributed by atoms with Crippen molar-refractivity contribution in [3.8, 4) is 0 Å². The summed E-state index contributed by atoms with van der Waals surface area (Å²) in [6.45, 7) is 7.33. The van der Waals surface area contributed by atoms with Crippen molar-refractivity contribution in [2.45, 2.75) is 63.1 Å². The molecule has 1 saturated heterocycles. The Balaban J connectivity index is 1.63. The predicted molar refractivity (Wildman–Crippen MR) is 137 cm³/mol. The number of carbonyl (C=O) groups excluding carboxylic acids is 1. The molecule has 0 saturated carbocycles. The Morgan fingerprint density at radius 2 is 1.89 bits per heavy atom. The number of anilines is 1. The lowest BCUT2D eigenvalue weighted by atomic mass is 9.99. The van der Waals surface area contributed by atoms with E-state index in [2.05, 4.69) is 15.3 Å². The maximum Gasteiger partial charge on any atom is 0.410 e. The topological polar surface area (TPSA) is 127 Å². The zero-order valence-corrected chi connectivity index (χ0v) is 22.2. The lowest BCUT2D eigenvalue weighted by Gasteiger charge is -2.39. The molecule has 0 radical (unpaired) electrons. The molecule has 1 amide bonds. The summed E-state index contributed by atoms with van der Waals surface area (Å²) in [6.07, 6.45) is 2.12. The van der Waals surface area contributed by atoms with Crippen molar-refractivity contribution >= 4 is 44.6 Å². The molecule has 0 spiro atoms. The van der Waals surface area contributed by atoms with Crippen LogP contribution in [0.5, 0.6) is 0 Å². The molecule has 36 heavy (non-hydrogen) atoms. The van der Waals surface area contributed by atoms with Gasteiger partial charge in [0.15, 0.2) is 5.65 Å². The molecular weight excluding hydrogens is 506 g/mol. The normalized spacial score (nSPS) is 18.9. The molecule has 2 aromatic heterocycles. The second-order valence-corrected chi connectivity index (χ2v) is 12.0. The second kappa shape index (κ2) is 9.87. The lowest BCUT2D eigenvalue weighted by molar-refractivity contribution is 0.000288. The molecule has 3 heterocycles. The van der Waals surface area contributed by atoms with Gasteiger partial charge >= 0.3 is 6.09 Å². The standard InChI is InChI=1S/C24H30ClN5O5S/c1-15-5-9-18(10-6-15)36(33,34)30-12-11-19-20(27-22(25)28-21(19)30)26-16-7-8-17(14-31)29(13-16)23(32)35-24(2,3)4/h5-6,9-12,16-17,31H,7-8,13-14H2,1-4H3,(H,26,27,28)/t16-,17-/m0/s1. The van der Waals surface area contributed by atoms with Gasteiger partial charge in [-0.1, -0.05) is 17.7 Å². The fourth-order valence-corrected chi connectivity index (χ4v) is 5.63. The van der Waals surface area contributed by atoms with Crippen molar-refractivity contribution < 1.29 is 23.1 Å². The molecule has 1 fully saturated rings. The molecule has 0 bridgehead atoms. The molecule has 12 heteroatoms. The molecule has 4 rings (SSSR count). The van der Waals surface area contributed by atoms with Crippen LogP contribution in [0.25, 0.3) is 11.0 Å². The summed E-state index contributed by atoms with van der Waals surface area (Å²) in [5, 5.41) is 13.4. The van der Waals surface area contributed by atoms with E-state index in [1.165, 1.54) is 11.1 Å². The number of piperidine rings is 1. The van der Waals surface area contributed by atoms with Gasteiger partial charge in [0.1, 0.15) is 11.4 Å². The zero-order chi connectivity index (χ0) is 26.3. The predicted octanol–water partition coefficient (Wildman–Crippen LogP) is 3.80. The van der Waals surface area contributed by atoms with Gasteiger partial charge in [-0.25, -0.2) is 22.2 Å². The van der Waals surface area contributed by atoms with Crippen molar-refractivity contribution in [2.24, 2.45) is 0 Å². The van der Waals surface area contributed by atoms with E-state index in [-0.39, 0.29) is 41.1 Å². The fraction of sp³-hybridized carbons (Fsp3) is 0.458. The van der Waals surface area contributed by atoms with E-state index in [9.17, 15) is 18.3 Å². The SMILES string of the molecule is Cc1ccc(S(=O)(=O)n2ccc3c(N[C@H]4CC[C@@H](CO)N(C(=O)OC(C)(C)C)C4)nc(Cl)nc32)cc1. The maximum absolute atomic E-state index is 13.3. The van der Waals surface area contributed by atoms with Crippen molar-refractivity contribution in [2.75, 3.05) is 18.5 Å². The third-order valence-electron chi connectivity index (χ3n) is 5.95. The van der Waals surface area contributed by atoms with E-state index in [0.717, 1.165) is 9.54 Å². The Morgan fingerprint density at radius 1 is 1.19 bits per heavy atom. The van der Waals surface area contributed by atoms with Crippen molar-refractivity contribution in [1.29, 1.82) is 0 Å². The molecule has 3 aromatic rings. The Hall–Kier alpha value is -2.89. The number of ether oxygens (including phenoxy) is 1. The Morgan fingerprint density at radius 3 is 2.53 bits per heavy atom. The first kappa shape index (κ1) is 26.2. The third-order valence-corrected chi connectivity index (χ3v) is 7.80. The molecular formula is C24H30ClN5O5S. The van der Waals surface area contributed by atoms with E-state index in [4.69, 9.17) is 16.3 Å². The van der Waals surface area contributed by atoms with E-state index in [0.29, 0.717) is 24.0 Å². The van der Waals surface area contributed by atoms with Crippen LogP contribution in [0.4, 0.5) is 10.6 Å². The van der Waals surface area contributed by atoms with Crippen LogP contribution in [0.15, 0.2) is 41.4 Å². The number of aliphatic hydroxyl groups excluding tert-OH is 1. The minimum Gasteiger partial charge on any atom is -0.444 e. The van der Waals surface area contributed by atoms with Gasteiger partial charge in [0.2, 0.25) is 5.28 Å². The number of nitrogens with zero attached hydrogens (tertiary/aromatic N) is 4. The summed E-state index contributed by atoms with van der Waals surface area (Å²) >= 11 is 6.20. The maximum atomic E-state index is 13.3. The van der Waals surface area contributed by atoms with Crippen LogP contribution in [0.3, 0.4) is 0 Å². The molecule has 0 unspecified atom stereocenters. The number of rotatable bonds is 5. The molecule has 2 atom stereocenters. The number of halogens is 1. The number of likely N-dealkylation sites (tertiary alicyclic amines) is 1. The molecule has 10 nitrogen and oxygen atoms in total. The summed E-state index contributed by atoms with van der Waals surface area (Å²) in [5.74, 6) is 0.361. The van der Waals surface area contributed by atoms with Gasteiger partial charge in [0.05, 0.1) is 22.9 Å². The van der Waals surface area contributed by atoms with Gasteiger partial charge in [-0.3, -0.25) is 0 Å². The zero-order valence-electron chi connectivity index (χ0n) is 20.6. The molecule has 1 aromatic carbocycles. The lowest BCUT2D eigenvalue weighted by Crippen LogP contribution is -2.53. The summed E-state index contributed by atoms with van der Waals surface area (Å²) < 4.78 is 33.2. The van der Waals surface area contributed by atoms with Crippen molar-refractivity contribution in [1.82, 2.24) is 18.8 Å². The van der Waals surface area contributed by atoms with Crippen LogP contribution >= 0.6 is 11.6 Å². The third kappa shape index (κ3) is 5.42. The number of aryl methyl sites for hydroxylation is 1. The number of aromatic nitrogens is 3. The highest BCUT2D eigenvalue weighted by Crippen LogP contribution is 2.29. The summed E-state index contributed by atoms with van der Waals surface area (Å²) in [6, 6.07) is 7.58. The molecule has 194 valence electrons. The van der Waals surface area contributed by atoms with Crippen LogP contribution in [0.1, 0.15) is 39.2 Å². The summed E-state index contributed by atoms with van der Waals surface area (Å²) in [5.41, 5.74) is 0.418. The largest absolute Gasteiger partial charge is 0.444 e. The van der Waals surface area contributed by atoms with Gasteiger partial charge in [-0.05, 0) is 70.3 Å². The summed E-state index contributed by atoms with van der Waals surface area (Å²) in [4.78, 5) is 22.9. The fourth-order valence-electron chi connectivity index (χ4n) is 4.17. The summed E-state index contributed by atoms with van der Waals surface area (Å²) in [7, 11) is -3.91. The van der Waals surface area contributed by atoms with E-state index in [1.807, 2.05) is 6.92 Å². The van der Waals surface area contributed by atoms with Crippen LogP contribution in [-0.4, -0.2) is 69.3 Å². The molecule has 0 aliphatic carbocycles. The Labute approximate surface area is 215 Å². The van der Waals surface area contributed by atoms with Crippen molar-refractivity contribution in [3.63, 3.8) is 0 Å². The highest BCUT2D eigenvalue weighted by Gasteiger charge is 2.34. The van der Waals surface area contributed by atoms with Gasteiger partial charge in [0.25, 0.3) is 10.0 Å². The smallest absolute Gasteiger partial charge is 0.410 e. The highest BCUT2D eigenvalue weighted by atomic mass is 35.5. The molecule has 1 aliphatic rings. The quantitative estimate of drug-likeness (QED) is 0.472. The second-order valence-electron chi connectivity index (χ2n) is 9.90. The first-order valence-electron chi connectivity index (χ1n) is 11.6.